The summed E-state index contributed by atoms with van der Waals surface area (Å²) in [6, 6.07) is 34.0. The lowest BCUT2D eigenvalue weighted by atomic mass is 9.86. The van der Waals surface area contributed by atoms with Gasteiger partial charge in [0.2, 0.25) is 0 Å². The minimum atomic E-state index is -0.185. The second-order valence-electron chi connectivity index (χ2n) is 12.7. The first-order valence-electron chi connectivity index (χ1n) is 16.0. The third-order valence-corrected chi connectivity index (χ3v) is 9.53. The van der Waals surface area contributed by atoms with Gasteiger partial charge in [-0.15, -0.1) is 0 Å². The second kappa shape index (κ2) is 12.7. The second-order valence-corrected chi connectivity index (χ2v) is 12.7. The van der Waals surface area contributed by atoms with Gasteiger partial charge in [-0.25, -0.2) is 0 Å². The van der Waals surface area contributed by atoms with Crippen molar-refractivity contribution in [3.05, 3.63) is 176 Å². The number of rotatable bonds is 0. The zero-order chi connectivity index (χ0) is 33.4. The van der Waals surface area contributed by atoms with Crippen molar-refractivity contribution in [3.8, 4) is 34.5 Å². The predicted octanol–water partition coefficient (Wildman–Crippen LogP) is 7.78. The van der Waals surface area contributed by atoms with Crippen LogP contribution in [0.3, 0.4) is 0 Å². The molecule has 0 aliphatic heterocycles. The first-order chi connectivity index (χ1) is 23.2. The molecule has 0 fully saturated rings. The monoisotopic (exact) mass is 636 g/mol. The number of fused-ring (bicyclic) bond motifs is 6. The van der Waals surface area contributed by atoms with Gasteiger partial charge in [0.1, 0.15) is 0 Å². The summed E-state index contributed by atoms with van der Waals surface area (Å²) in [6.07, 6.45) is 3.00. The third kappa shape index (κ3) is 6.25. The maximum absolute atomic E-state index is 10.6. The molecule has 0 unspecified atom stereocenters. The van der Waals surface area contributed by atoms with E-state index in [9.17, 15) is 30.6 Å². The summed E-state index contributed by atoms with van der Waals surface area (Å²) in [5.41, 5.74) is 11.5. The first-order valence-corrected chi connectivity index (χ1v) is 16.0. The maximum Gasteiger partial charge on any atom is 0.157 e. The fraction of sp³-hybridized carbons (Fsp3) is 0.143. The fourth-order valence-electron chi connectivity index (χ4n) is 6.92. The number of phenolic OH excluding ortho intramolecular Hbond substituents is 6. The standard InChI is InChI=1S/C42H36O6/c43-37-19-31-13-25-7-1-2-8-26(25)14-32-20-38(44)40(46)22-34(32)16-28-10-5-6-12-30(28)18-36-24-42(48)41(47)23-35(36)17-29-11-4-3-9-27(29)15-33(31)21-39(37)45/h1-12,19-24,43-48H,13-18H2. The highest BCUT2D eigenvalue weighted by atomic mass is 16.3. The van der Waals surface area contributed by atoms with Crippen LogP contribution < -0.4 is 0 Å². The van der Waals surface area contributed by atoms with Crippen LogP contribution in [0.25, 0.3) is 0 Å². The average Bonchev–Trinajstić information content (AvgIpc) is 3.06. The smallest absolute Gasteiger partial charge is 0.157 e. The molecule has 0 amide bonds. The van der Waals surface area contributed by atoms with Gasteiger partial charge < -0.3 is 30.6 Å². The van der Waals surface area contributed by atoms with Crippen molar-refractivity contribution in [1.29, 1.82) is 0 Å². The number of hydrogen-bond donors (Lipinski definition) is 6. The van der Waals surface area contributed by atoms with Crippen LogP contribution in [0.4, 0.5) is 0 Å². The Morgan fingerprint density at radius 1 is 0.229 bits per heavy atom. The minimum absolute atomic E-state index is 0.185. The highest BCUT2D eigenvalue weighted by Crippen LogP contribution is 2.37. The van der Waals surface area contributed by atoms with E-state index in [0.29, 0.717) is 38.5 Å². The number of aromatic hydroxyl groups is 6. The highest BCUT2D eigenvalue weighted by molar-refractivity contribution is 5.54. The zero-order valence-corrected chi connectivity index (χ0v) is 26.3. The van der Waals surface area contributed by atoms with Crippen molar-refractivity contribution in [2.75, 3.05) is 0 Å². The lowest BCUT2D eigenvalue weighted by Crippen LogP contribution is -2.06. The normalized spacial score (nSPS) is 13.0. The van der Waals surface area contributed by atoms with Gasteiger partial charge in [0, 0.05) is 0 Å². The number of benzene rings is 6. The fourth-order valence-corrected chi connectivity index (χ4v) is 6.92. The van der Waals surface area contributed by atoms with Crippen LogP contribution in [0.1, 0.15) is 66.8 Å². The zero-order valence-electron chi connectivity index (χ0n) is 26.3. The molecule has 48 heavy (non-hydrogen) atoms. The highest BCUT2D eigenvalue weighted by Gasteiger charge is 2.19. The average molecular weight is 637 g/mol. The van der Waals surface area contributed by atoms with Gasteiger partial charge in [0.15, 0.2) is 34.5 Å². The summed E-state index contributed by atoms with van der Waals surface area (Å²) < 4.78 is 0. The van der Waals surface area contributed by atoms with Crippen LogP contribution in [-0.2, 0) is 38.5 Å². The van der Waals surface area contributed by atoms with E-state index < -0.39 is 0 Å². The molecule has 6 nitrogen and oxygen atoms in total. The largest absolute Gasteiger partial charge is 0.504 e. The third-order valence-electron chi connectivity index (χ3n) is 9.53. The Morgan fingerprint density at radius 2 is 0.375 bits per heavy atom. The van der Waals surface area contributed by atoms with Crippen LogP contribution in [0.5, 0.6) is 34.5 Å². The van der Waals surface area contributed by atoms with Crippen LogP contribution >= 0.6 is 0 Å². The molecule has 0 spiro atoms. The van der Waals surface area contributed by atoms with Gasteiger partial charge in [-0.3, -0.25) is 0 Å². The summed E-state index contributed by atoms with van der Waals surface area (Å²) in [4.78, 5) is 0. The lowest BCUT2D eigenvalue weighted by molar-refractivity contribution is 0.402. The van der Waals surface area contributed by atoms with E-state index in [0.717, 1.165) is 66.8 Å². The van der Waals surface area contributed by atoms with E-state index in [1.165, 1.54) is 0 Å². The van der Waals surface area contributed by atoms with E-state index in [-0.39, 0.29) is 34.5 Å². The van der Waals surface area contributed by atoms with Gasteiger partial charge in [-0.2, -0.15) is 0 Å². The van der Waals surface area contributed by atoms with Gasteiger partial charge in [0.25, 0.3) is 0 Å². The molecule has 0 saturated carbocycles. The van der Waals surface area contributed by atoms with Crippen molar-refractivity contribution in [2.45, 2.75) is 38.5 Å². The molecule has 0 radical (unpaired) electrons. The quantitative estimate of drug-likeness (QED) is 0.0946. The minimum Gasteiger partial charge on any atom is -0.504 e. The molecule has 6 aromatic rings. The van der Waals surface area contributed by atoms with Gasteiger partial charge in [-0.1, -0.05) is 72.8 Å². The first kappa shape index (κ1) is 30.8. The Balaban J connectivity index is 1.44. The van der Waals surface area contributed by atoms with Gasteiger partial charge in [-0.05, 0) is 142 Å². The molecular weight excluding hydrogens is 600 g/mol. The molecule has 6 heteroatoms. The molecule has 1 aliphatic rings. The van der Waals surface area contributed by atoms with Gasteiger partial charge in [0.05, 0.1) is 0 Å². The van der Waals surface area contributed by atoms with E-state index in [4.69, 9.17) is 0 Å². The van der Waals surface area contributed by atoms with E-state index in [2.05, 4.69) is 36.4 Å². The van der Waals surface area contributed by atoms with Crippen molar-refractivity contribution >= 4 is 0 Å². The summed E-state index contributed by atoms with van der Waals surface area (Å²) in [7, 11) is 0. The molecule has 240 valence electrons. The van der Waals surface area contributed by atoms with Crippen LogP contribution in [-0.4, -0.2) is 30.6 Å². The molecule has 6 aromatic carbocycles. The molecule has 0 heterocycles. The SMILES string of the molecule is Oc1cc2c(cc1O)Cc1ccccc1Cc1cc(O)c(O)cc1Cc1ccccc1Cc1cc(O)c(O)cc1Cc1ccccc1C2. The van der Waals surface area contributed by atoms with Crippen LogP contribution in [0, 0.1) is 0 Å². The van der Waals surface area contributed by atoms with E-state index in [1.54, 1.807) is 36.4 Å². The van der Waals surface area contributed by atoms with Crippen molar-refractivity contribution in [3.63, 3.8) is 0 Å². The molecule has 0 atom stereocenters. The van der Waals surface area contributed by atoms with Crippen molar-refractivity contribution < 1.29 is 30.6 Å². The van der Waals surface area contributed by atoms with Gasteiger partial charge >= 0.3 is 0 Å². The molecule has 0 saturated heterocycles. The van der Waals surface area contributed by atoms with Crippen LogP contribution in [0.15, 0.2) is 109 Å². The van der Waals surface area contributed by atoms with E-state index >= 15 is 0 Å². The maximum atomic E-state index is 10.6. The predicted molar refractivity (Wildman–Crippen MR) is 185 cm³/mol. The molecule has 7 rings (SSSR count). The number of hydrogen-bond acceptors (Lipinski definition) is 6. The summed E-state index contributed by atoms with van der Waals surface area (Å²) in [6.45, 7) is 0. The van der Waals surface area contributed by atoms with E-state index in [1.807, 2.05) is 36.4 Å². The topological polar surface area (TPSA) is 121 Å². The Morgan fingerprint density at radius 3 is 0.521 bits per heavy atom. The van der Waals surface area contributed by atoms with Crippen molar-refractivity contribution in [2.24, 2.45) is 0 Å². The molecular formula is C42H36O6. The molecule has 1 aliphatic carbocycles. The number of phenols is 6. The Labute approximate surface area is 279 Å². The van der Waals surface area contributed by atoms with Crippen molar-refractivity contribution in [1.82, 2.24) is 0 Å². The van der Waals surface area contributed by atoms with Crippen LogP contribution in [0.2, 0.25) is 0 Å². The molecule has 6 N–H and O–H groups in total. The summed E-state index contributed by atoms with van der Waals surface area (Å²) >= 11 is 0. The lowest BCUT2D eigenvalue weighted by Gasteiger charge is -2.19. The summed E-state index contributed by atoms with van der Waals surface area (Å²) in [5.74, 6) is -1.11. The molecule has 0 bridgehead atoms. The molecule has 0 aromatic heterocycles. The summed E-state index contributed by atoms with van der Waals surface area (Å²) in [5, 5.41) is 63.6. The Bertz CT molecular complexity index is 1770. The Hall–Kier alpha value is -5.88. The Kier molecular flexibility index (Phi) is 8.15.